The van der Waals surface area contributed by atoms with Crippen molar-refractivity contribution in [3.63, 3.8) is 0 Å². The number of fused-ring (bicyclic) bond motifs is 1. The lowest BCUT2D eigenvalue weighted by Gasteiger charge is -2.28. The van der Waals surface area contributed by atoms with Gasteiger partial charge in [-0.25, -0.2) is 0 Å². The number of aryl methyl sites for hydroxylation is 1. The number of carboxylic acids is 1. The molecular weight excluding hydrogens is 494 g/mol. The third-order valence-corrected chi connectivity index (χ3v) is 8.49. The van der Waals surface area contributed by atoms with Crippen LogP contribution in [0.25, 0.3) is 22.0 Å². The van der Waals surface area contributed by atoms with E-state index >= 15 is 0 Å². The minimum atomic E-state index is -0.777. The van der Waals surface area contributed by atoms with Crippen LogP contribution in [0.3, 0.4) is 0 Å². The summed E-state index contributed by atoms with van der Waals surface area (Å²) in [5.41, 5.74) is 3.98. The predicted octanol–water partition coefficient (Wildman–Crippen LogP) is 4.24. The minimum absolute atomic E-state index is 0.0715. The Labute approximate surface area is 226 Å². The highest BCUT2D eigenvalue weighted by molar-refractivity contribution is 6.06. The number of aliphatic hydroxyl groups is 1. The van der Waals surface area contributed by atoms with Gasteiger partial charge in [0.1, 0.15) is 0 Å². The Morgan fingerprint density at radius 3 is 2.56 bits per heavy atom. The van der Waals surface area contributed by atoms with E-state index in [-0.39, 0.29) is 29.9 Å². The third kappa shape index (κ3) is 4.94. The quantitative estimate of drug-likeness (QED) is 0.253. The van der Waals surface area contributed by atoms with E-state index in [2.05, 4.69) is 20.0 Å². The van der Waals surface area contributed by atoms with Crippen LogP contribution < -0.4 is 5.32 Å². The first kappa shape index (κ1) is 25.3. The summed E-state index contributed by atoms with van der Waals surface area (Å²) < 4.78 is 3.89. The van der Waals surface area contributed by atoms with Gasteiger partial charge in [0, 0.05) is 60.2 Å². The highest BCUT2D eigenvalue weighted by atomic mass is 16.4. The number of carboxylic acid groups (broad SMARTS) is 1. The van der Waals surface area contributed by atoms with Gasteiger partial charge in [-0.05, 0) is 62.1 Å². The Hall–Kier alpha value is -3.98. The molecule has 202 valence electrons. The fourth-order valence-corrected chi connectivity index (χ4v) is 5.97. The third-order valence-electron chi connectivity index (χ3n) is 8.49. The number of benzene rings is 1. The normalized spacial score (nSPS) is 16.7. The first-order valence-electron chi connectivity index (χ1n) is 13.6. The number of hydrogen-bond acceptors (Lipinski definition) is 5. The Kier molecular flexibility index (Phi) is 6.46. The predicted molar refractivity (Wildman–Crippen MR) is 146 cm³/mol. The van der Waals surface area contributed by atoms with Crippen molar-refractivity contribution in [2.24, 2.45) is 5.41 Å². The lowest BCUT2D eigenvalue weighted by atomic mass is 9.88. The summed E-state index contributed by atoms with van der Waals surface area (Å²) in [5.74, 6) is -0.873. The molecule has 2 saturated carbocycles. The molecule has 1 aromatic carbocycles. The smallest absolute Gasteiger partial charge is 0.303 e. The molecule has 2 aliphatic rings. The molecule has 3 heterocycles. The number of aliphatic hydroxyl groups excluding tert-OH is 1. The van der Waals surface area contributed by atoms with Crippen LogP contribution in [0.4, 0.5) is 0 Å². The zero-order valence-corrected chi connectivity index (χ0v) is 21.8. The lowest BCUT2D eigenvalue weighted by molar-refractivity contribution is -0.137. The van der Waals surface area contributed by atoms with Crippen molar-refractivity contribution >= 4 is 22.8 Å². The number of nitrogens with zero attached hydrogens (tertiary/aromatic N) is 4. The number of carbonyl (C=O) groups excluding carboxylic acids is 1. The van der Waals surface area contributed by atoms with Crippen LogP contribution in [0, 0.1) is 5.41 Å². The number of para-hydroxylation sites is 1. The van der Waals surface area contributed by atoms with Crippen molar-refractivity contribution in [1.29, 1.82) is 0 Å². The average Bonchev–Trinajstić information content (AvgIpc) is 3.82. The molecule has 6 rings (SSSR count). The molecule has 9 nitrogen and oxygen atoms in total. The first-order chi connectivity index (χ1) is 18.9. The topological polar surface area (TPSA) is 122 Å². The molecule has 39 heavy (non-hydrogen) atoms. The number of hydrogen-bond donors (Lipinski definition) is 3. The highest BCUT2D eigenvalue weighted by Gasteiger charge is 2.65. The van der Waals surface area contributed by atoms with Crippen LogP contribution in [0.2, 0.25) is 0 Å². The summed E-state index contributed by atoms with van der Waals surface area (Å²) in [5, 5.41) is 26.9. The molecule has 2 aliphatic carbocycles. The van der Waals surface area contributed by atoms with Crippen molar-refractivity contribution in [2.45, 2.75) is 63.6 Å². The lowest BCUT2D eigenvalue weighted by Crippen LogP contribution is -2.44. The van der Waals surface area contributed by atoms with Crippen molar-refractivity contribution in [3.05, 3.63) is 72.4 Å². The largest absolute Gasteiger partial charge is 0.481 e. The number of aliphatic carboxylic acids is 1. The summed E-state index contributed by atoms with van der Waals surface area (Å²) in [4.78, 5) is 29.5. The van der Waals surface area contributed by atoms with Crippen molar-refractivity contribution in [2.75, 3.05) is 6.61 Å². The van der Waals surface area contributed by atoms with E-state index in [1.807, 2.05) is 59.7 Å². The average molecular weight is 528 g/mol. The summed E-state index contributed by atoms with van der Waals surface area (Å²) in [6.45, 7) is 1.33. The molecule has 1 amide bonds. The maximum Gasteiger partial charge on any atom is 0.303 e. The van der Waals surface area contributed by atoms with Gasteiger partial charge in [-0.15, -0.1) is 0 Å². The van der Waals surface area contributed by atoms with Crippen LogP contribution in [0.1, 0.15) is 61.0 Å². The van der Waals surface area contributed by atoms with Gasteiger partial charge >= 0.3 is 5.97 Å². The summed E-state index contributed by atoms with van der Waals surface area (Å²) in [7, 11) is 0. The molecule has 3 aromatic heterocycles. The van der Waals surface area contributed by atoms with Gasteiger partial charge in [-0.2, -0.15) is 5.10 Å². The molecule has 0 aliphatic heterocycles. The molecule has 0 bridgehead atoms. The molecule has 2 fully saturated rings. The van der Waals surface area contributed by atoms with E-state index in [0.717, 1.165) is 53.4 Å². The zero-order chi connectivity index (χ0) is 27.0. The van der Waals surface area contributed by atoms with Crippen LogP contribution >= 0.6 is 0 Å². The number of amides is 1. The molecule has 0 radical (unpaired) electrons. The second kappa shape index (κ2) is 9.96. The summed E-state index contributed by atoms with van der Waals surface area (Å²) >= 11 is 0. The van der Waals surface area contributed by atoms with Crippen LogP contribution in [0.5, 0.6) is 0 Å². The molecule has 3 N–H and O–H groups in total. The zero-order valence-electron chi connectivity index (χ0n) is 21.8. The van der Waals surface area contributed by atoms with Crippen molar-refractivity contribution in [3.8, 4) is 11.1 Å². The molecule has 0 unspecified atom stereocenters. The van der Waals surface area contributed by atoms with Crippen molar-refractivity contribution < 1.29 is 19.8 Å². The Bertz CT molecular complexity index is 1510. The van der Waals surface area contributed by atoms with Crippen molar-refractivity contribution in [1.82, 2.24) is 24.6 Å². The Morgan fingerprint density at radius 2 is 1.87 bits per heavy atom. The maximum atomic E-state index is 13.6. The maximum absolute atomic E-state index is 13.6. The van der Waals surface area contributed by atoms with Crippen LogP contribution in [-0.4, -0.2) is 53.6 Å². The molecular formula is C30H33N5O4. The van der Waals surface area contributed by atoms with Gasteiger partial charge in [-0.3, -0.25) is 19.3 Å². The number of nitrogens with one attached hydrogen (secondary N) is 1. The fourth-order valence-electron chi connectivity index (χ4n) is 5.97. The molecule has 0 spiro atoms. The summed E-state index contributed by atoms with van der Waals surface area (Å²) in [6, 6.07) is 11.8. The van der Waals surface area contributed by atoms with Gasteiger partial charge < -0.3 is 20.1 Å². The number of aromatic nitrogens is 4. The van der Waals surface area contributed by atoms with Gasteiger partial charge in [-0.1, -0.05) is 18.2 Å². The van der Waals surface area contributed by atoms with Gasteiger partial charge in [0.2, 0.25) is 0 Å². The van der Waals surface area contributed by atoms with Gasteiger partial charge in [0.05, 0.1) is 29.5 Å². The van der Waals surface area contributed by atoms with E-state index in [9.17, 15) is 14.7 Å². The van der Waals surface area contributed by atoms with Crippen LogP contribution in [-0.2, 0) is 17.9 Å². The highest BCUT2D eigenvalue weighted by Crippen LogP contribution is 2.66. The number of carbonyl (C=O) groups is 2. The number of pyridine rings is 1. The van der Waals surface area contributed by atoms with E-state index < -0.39 is 5.97 Å². The molecule has 9 heteroatoms. The second-order valence-corrected chi connectivity index (χ2v) is 11.0. The summed E-state index contributed by atoms with van der Waals surface area (Å²) in [6.07, 6.45) is 12.8. The van der Waals surface area contributed by atoms with E-state index in [1.165, 1.54) is 0 Å². The first-order valence-corrected chi connectivity index (χ1v) is 13.6. The minimum Gasteiger partial charge on any atom is -0.481 e. The standard InChI is InChI=1S/C30H33N5O4/c36-16-2-14-35-19-23(18-32-35)22-5-6-24(31-17-22)20-34-15-8-21-3-1-4-25(27(21)34)28(39)33-30(12-13-30)29(10-11-29)9-7-26(37)38/h1,3-6,8,15,17-19,36H,2,7,9-14,16,20H2,(H,33,39)(H,37,38). The number of rotatable bonds is 12. The molecule has 0 atom stereocenters. The van der Waals surface area contributed by atoms with Gasteiger partial charge in [0.25, 0.3) is 5.91 Å². The Balaban J connectivity index is 1.19. The van der Waals surface area contributed by atoms with E-state index in [4.69, 9.17) is 5.11 Å². The van der Waals surface area contributed by atoms with Crippen LogP contribution in [0.15, 0.2) is 61.2 Å². The second-order valence-electron chi connectivity index (χ2n) is 11.0. The molecule has 0 saturated heterocycles. The fraction of sp³-hybridized carbons (Fsp3) is 0.400. The monoisotopic (exact) mass is 527 g/mol. The van der Waals surface area contributed by atoms with E-state index in [0.29, 0.717) is 31.5 Å². The Morgan fingerprint density at radius 1 is 1.03 bits per heavy atom. The van der Waals surface area contributed by atoms with Gasteiger partial charge in [0.15, 0.2) is 0 Å². The van der Waals surface area contributed by atoms with E-state index in [1.54, 1.807) is 6.20 Å². The molecule has 4 aromatic rings. The SMILES string of the molecule is O=C(O)CCC1(C2(NC(=O)c3cccc4ccn(Cc5ccc(-c6cnn(CCCO)c6)cn5)c34)CC2)CC1.